The van der Waals surface area contributed by atoms with Crippen LogP contribution in [0.25, 0.3) is 16.9 Å². The van der Waals surface area contributed by atoms with Gasteiger partial charge in [-0.05, 0) is 43.3 Å². The highest BCUT2D eigenvalue weighted by Gasteiger charge is 2.20. The zero-order valence-electron chi connectivity index (χ0n) is 19.9. The first kappa shape index (κ1) is 24.8. The number of carbonyl (C=O) groups excluding carboxylic acids is 2. The third-order valence-corrected chi connectivity index (χ3v) is 5.81. The second kappa shape index (κ2) is 10.6. The lowest BCUT2D eigenvalue weighted by Gasteiger charge is -2.11. The van der Waals surface area contributed by atoms with Crippen molar-refractivity contribution in [3.63, 3.8) is 0 Å². The van der Waals surface area contributed by atoms with E-state index in [1.165, 1.54) is 41.2 Å². The van der Waals surface area contributed by atoms with Gasteiger partial charge in [0.05, 0.1) is 22.8 Å². The Balaban J connectivity index is 1.44. The van der Waals surface area contributed by atoms with Gasteiger partial charge in [0.25, 0.3) is 11.8 Å². The van der Waals surface area contributed by atoms with Crippen molar-refractivity contribution in [1.29, 1.82) is 0 Å². The molecule has 0 spiro atoms. The molecule has 38 heavy (non-hydrogen) atoms. The number of aromatic amines is 1. The highest BCUT2D eigenvalue weighted by atomic mass is 35.5. The molecule has 0 saturated heterocycles. The van der Waals surface area contributed by atoms with Crippen molar-refractivity contribution < 1.29 is 14.0 Å². The summed E-state index contributed by atoms with van der Waals surface area (Å²) in [6.45, 7) is 1.85. The minimum absolute atomic E-state index is 0.0619. The molecule has 0 atom stereocenters. The zero-order chi connectivity index (χ0) is 26.6. The van der Waals surface area contributed by atoms with Crippen molar-refractivity contribution in [2.24, 2.45) is 0 Å². The van der Waals surface area contributed by atoms with Crippen LogP contribution in [0.15, 0.2) is 72.9 Å². The van der Waals surface area contributed by atoms with E-state index in [0.717, 1.165) is 0 Å². The van der Waals surface area contributed by atoms with Gasteiger partial charge in [0.15, 0.2) is 11.5 Å². The van der Waals surface area contributed by atoms with Gasteiger partial charge in [0, 0.05) is 17.8 Å². The Bertz CT molecular complexity index is 1630. The van der Waals surface area contributed by atoms with Crippen molar-refractivity contribution in [2.45, 2.75) is 13.5 Å². The topological polar surface area (TPSA) is 130 Å². The number of anilines is 1. The maximum Gasteiger partial charge on any atom is 0.272 e. The number of rotatable bonds is 7. The fraction of sp³-hybridized carbons (Fsp3) is 0.0769. The molecule has 3 aromatic heterocycles. The van der Waals surface area contributed by atoms with Crippen molar-refractivity contribution in [1.82, 2.24) is 35.3 Å². The Kier molecular flexibility index (Phi) is 6.92. The molecule has 0 aliphatic heterocycles. The van der Waals surface area contributed by atoms with Gasteiger partial charge in [-0.2, -0.15) is 10.2 Å². The number of nitrogens with one attached hydrogen (secondary N) is 3. The summed E-state index contributed by atoms with van der Waals surface area (Å²) < 4.78 is 15.7. The highest BCUT2D eigenvalue weighted by Crippen LogP contribution is 2.27. The van der Waals surface area contributed by atoms with Gasteiger partial charge in [-0.3, -0.25) is 19.7 Å². The number of benzene rings is 2. The number of nitrogens with zero attached hydrogens (tertiary/aromatic N) is 5. The van der Waals surface area contributed by atoms with E-state index in [1.807, 2.05) is 6.07 Å². The minimum Gasteiger partial charge on any atom is -0.343 e. The first-order chi connectivity index (χ1) is 18.4. The van der Waals surface area contributed by atoms with Crippen LogP contribution in [0, 0.1) is 12.7 Å². The van der Waals surface area contributed by atoms with E-state index in [2.05, 4.69) is 35.9 Å². The second-order valence-corrected chi connectivity index (χ2v) is 8.57. The molecule has 0 saturated carbocycles. The number of hydrogen-bond acceptors (Lipinski definition) is 6. The van der Waals surface area contributed by atoms with Crippen LogP contribution in [-0.2, 0) is 6.54 Å². The molecule has 0 aliphatic carbocycles. The first-order valence-corrected chi connectivity index (χ1v) is 11.8. The third-order valence-electron chi connectivity index (χ3n) is 5.48. The van der Waals surface area contributed by atoms with Crippen molar-refractivity contribution in [3.05, 3.63) is 107 Å². The summed E-state index contributed by atoms with van der Waals surface area (Å²) in [6, 6.07) is 17.7. The van der Waals surface area contributed by atoms with E-state index >= 15 is 0 Å². The molecule has 3 N–H and O–H groups in total. The van der Waals surface area contributed by atoms with Crippen LogP contribution in [0.1, 0.15) is 32.5 Å². The quantitative estimate of drug-likeness (QED) is 0.287. The Morgan fingerprint density at radius 2 is 1.87 bits per heavy atom. The Labute approximate surface area is 220 Å². The molecule has 0 radical (unpaired) electrons. The standard InChI is InChI=1S/C26H20ClFN8O2/c1-15-31-22(34-33-15)14-30-26(38)21-13-23(36(35-21)17-6-3-2-4-7-17)32-25(37)18-12-16(9-10-19(18)27)24-20(28)8-5-11-29-24/h2-13H,14H2,1H3,(H,30,38)(H,32,37)(H,31,33,34). The third kappa shape index (κ3) is 5.27. The molecule has 0 bridgehead atoms. The van der Waals surface area contributed by atoms with Gasteiger partial charge in [-0.15, -0.1) is 0 Å². The summed E-state index contributed by atoms with van der Waals surface area (Å²) in [5, 5.41) is 16.7. The van der Waals surface area contributed by atoms with E-state index in [-0.39, 0.29) is 34.3 Å². The van der Waals surface area contributed by atoms with Gasteiger partial charge in [0.1, 0.15) is 23.2 Å². The number of halogens is 2. The summed E-state index contributed by atoms with van der Waals surface area (Å²) in [7, 11) is 0. The van der Waals surface area contributed by atoms with Crippen LogP contribution < -0.4 is 10.6 Å². The number of H-pyrrole nitrogens is 1. The van der Waals surface area contributed by atoms with Crippen LogP contribution in [0.4, 0.5) is 10.2 Å². The molecule has 3 heterocycles. The average molecular weight is 531 g/mol. The Morgan fingerprint density at radius 1 is 1.05 bits per heavy atom. The normalized spacial score (nSPS) is 10.8. The molecule has 5 rings (SSSR count). The molecule has 0 fully saturated rings. The van der Waals surface area contributed by atoms with E-state index < -0.39 is 17.6 Å². The number of carbonyl (C=O) groups is 2. The molecular formula is C26H20ClFN8O2. The lowest BCUT2D eigenvalue weighted by atomic mass is 10.1. The summed E-state index contributed by atoms with van der Waals surface area (Å²) in [5.41, 5.74) is 1.25. The second-order valence-electron chi connectivity index (χ2n) is 8.16. The molecule has 12 heteroatoms. The molecule has 2 aromatic carbocycles. The number of para-hydroxylation sites is 1. The number of hydrogen-bond donors (Lipinski definition) is 3. The van der Waals surface area contributed by atoms with E-state index in [4.69, 9.17) is 11.6 Å². The number of amides is 2. The fourth-order valence-electron chi connectivity index (χ4n) is 3.69. The van der Waals surface area contributed by atoms with Gasteiger partial charge in [0.2, 0.25) is 0 Å². The summed E-state index contributed by atoms with van der Waals surface area (Å²) in [5.74, 6) is -0.312. The molecule has 10 nitrogen and oxygen atoms in total. The predicted molar refractivity (Wildman–Crippen MR) is 138 cm³/mol. The van der Waals surface area contributed by atoms with Crippen LogP contribution in [0.2, 0.25) is 5.02 Å². The monoisotopic (exact) mass is 530 g/mol. The van der Waals surface area contributed by atoms with Crippen LogP contribution in [-0.4, -0.2) is 41.8 Å². The van der Waals surface area contributed by atoms with Gasteiger partial charge < -0.3 is 10.6 Å². The Hall–Kier alpha value is -4.90. The maximum absolute atomic E-state index is 14.3. The lowest BCUT2D eigenvalue weighted by molar-refractivity contribution is 0.0943. The van der Waals surface area contributed by atoms with Crippen molar-refractivity contribution in [3.8, 4) is 16.9 Å². The van der Waals surface area contributed by atoms with Gasteiger partial charge in [-0.25, -0.2) is 14.1 Å². The maximum atomic E-state index is 14.3. The molecular weight excluding hydrogens is 511 g/mol. The van der Waals surface area contributed by atoms with Crippen LogP contribution in [0.5, 0.6) is 0 Å². The van der Waals surface area contributed by atoms with Crippen LogP contribution >= 0.6 is 11.6 Å². The van der Waals surface area contributed by atoms with Crippen molar-refractivity contribution >= 4 is 29.2 Å². The Morgan fingerprint density at radius 3 is 2.61 bits per heavy atom. The number of aryl methyl sites for hydroxylation is 1. The van der Waals surface area contributed by atoms with E-state index in [0.29, 0.717) is 22.9 Å². The van der Waals surface area contributed by atoms with Crippen LogP contribution in [0.3, 0.4) is 0 Å². The highest BCUT2D eigenvalue weighted by molar-refractivity contribution is 6.34. The predicted octanol–water partition coefficient (Wildman–Crippen LogP) is 4.34. The average Bonchev–Trinajstić information content (AvgIpc) is 3.54. The smallest absolute Gasteiger partial charge is 0.272 e. The summed E-state index contributed by atoms with van der Waals surface area (Å²) in [6.07, 6.45) is 1.46. The number of aromatic nitrogens is 6. The first-order valence-electron chi connectivity index (χ1n) is 11.4. The van der Waals surface area contributed by atoms with E-state index in [9.17, 15) is 14.0 Å². The van der Waals surface area contributed by atoms with Crippen molar-refractivity contribution in [2.75, 3.05) is 5.32 Å². The molecule has 5 aromatic rings. The van der Waals surface area contributed by atoms with Gasteiger partial charge in [-0.1, -0.05) is 35.9 Å². The zero-order valence-corrected chi connectivity index (χ0v) is 20.7. The minimum atomic E-state index is -0.576. The largest absolute Gasteiger partial charge is 0.343 e. The lowest BCUT2D eigenvalue weighted by Crippen LogP contribution is -2.24. The molecule has 0 unspecified atom stereocenters. The van der Waals surface area contributed by atoms with Gasteiger partial charge >= 0.3 is 0 Å². The molecule has 0 aliphatic rings. The molecule has 2 amide bonds. The SMILES string of the molecule is Cc1nc(CNC(=O)c2cc(NC(=O)c3cc(-c4ncccc4F)ccc3Cl)n(-c3ccccc3)n2)n[nH]1. The number of pyridine rings is 1. The fourth-order valence-corrected chi connectivity index (χ4v) is 3.90. The summed E-state index contributed by atoms with van der Waals surface area (Å²) in [4.78, 5) is 34.4. The van der Waals surface area contributed by atoms with E-state index in [1.54, 1.807) is 37.3 Å². The molecule has 190 valence electrons. The summed E-state index contributed by atoms with van der Waals surface area (Å²) >= 11 is 6.32.